The molecule has 1 aliphatic rings. The van der Waals surface area contributed by atoms with Crippen LogP contribution < -0.4 is 10.2 Å². The predicted molar refractivity (Wildman–Crippen MR) is 52.8 cm³/mol. The predicted octanol–water partition coefficient (Wildman–Crippen LogP) is 2.17. The molecule has 14 heavy (non-hydrogen) atoms. The average Bonchev–Trinajstić information content (AvgIpc) is 2.18. The number of nitroso groups, excluding NO2 is 1. The van der Waals surface area contributed by atoms with Crippen molar-refractivity contribution in [2.75, 3.05) is 0 Å². The van der Waals surface area contributed by atoms with Gasteiger partial charge in [0.25, 0.3) is 0 Å². The van der Waals surface area contributed by atoms with Gasteiger partial charge in [-0.15, -0.1) is 4.91 Å². The molecule has 2 rings (SSSR count). The van der Waals surface area contributed by atoms with Crippen LogP contribution in [-0.4, -0.2) is 6.10 Å². The van der Waals surface area contributed by atoms with Crippen LogP contribution in [0, 0.1) is 4.91 Å². The van der Waals surface area contributed by atoms with Crippen molar-refractivity contribution in [3.63, 3.8) is 0 Å². The van der Waals surface area contributed by atoms with Gasteiger partial charge in [-0.3, -0.25) is 5.43 Å². The molecule has 0 bridgehead atoms. The Morgan fingerprint density at radius 3 is 3.07 bits per heavy atom. The molecule has 2 unspecified atom stereocenters. The Labute approximate surface area is 82.2 Å². The van der Waals surface area contributed by atoms with Crippen LogP contribution >= 0.6 is 0 Å². The van der Waals surface area contributed by atoms with Crippen molar-refractivity contribution in [3.8, 4) is 5.75 Å². The van der Waals surface area contributed by atoms with Gasteiger partial charge >= 0.3 is 0 Å². The van der Waals surface area contributed by atoms with E-state index in [1.54, 1.807) is 0 Å². The highest BCUT2D eigenvalue weighted by molar-refractivity contribution is 5.37. The Bertz CT molecular complexity index is 341. The van der Waals surface area contributed by atoms with Gasteiger partial charge in [-0.2, -0.15) is 0 Å². The minimum absolute atomic E-state index is 0.0209. The summed E-state index contributed by atoms with van der Waals surface area (Å²) in [5.74, 6) is 0.840. The third-order valence-corrected chi connectivity index (χ3v) is 2.40. The fourth-order valence-electron chi connectivity index (χ4n) is 1.79. The lowest BCUT2D eigenvalue weighted by atomic mass is 9.98. The minimum atomic E-state index is -0.0209. The van der Waals surface area contributed by atoms with Gasteiger partial charge in [0.2, 0.25) is 0 Å². The molecular weight excluding hydrogens is 180 g/mol. The Balaban J connectivity index is 2.33. The summed E-state index contributed by atoms with van der Waals surface area (Å²) in [6.07, 6.45) is 0.882. The number of para-hydroxylation sites is 1. The molecule has 1 aromatic rings. The number of hydrogen-bond acceptors (Lipinski definition) is 3. The van der Waals surface area contributed by atoms with Crippen molar-refractivity contribution in [1.82, 2.24) is 5.43 Å². The van der Waals surface area contributed by atoms with Crippen LogP contribution in [0.5, 0.6) is 5.75 Å². The van der Waals surface area contributed by atoms with Gasteiger partial charge in [0.05, 0.1) is 17.4 Å². The molecule has 0 radical (unpaired) electrons. The van der Waals surface area contributed by atoms with E-state index in [0.29, 0.717) is 0 Å². The van der Waals surface area contributed by atoms with Crippen molar-refractivity contribution in [3.05, 3.63) is 34.7 Å². The summed E-state index contributed by atoms with van der Waals surface area (Å²) in [5, 5.41) is 2.74. The van der Waals surface area contributed by atoms with Crippen LogP contribution in [0.2, 0.25) is 0 Å². The maximum absolute atomic E-state index is 10.2. The number of hydrogen-bond donors (Lipinski definition) is 1. The number of nitrogens with one attached hydrogen (secondary N) is 1. The number of rotatable bonds is 2. The summed E-state index contributed by atoms with van der Waals surface area (Å²) in [4.78, 5) is 10.2. The van der Waals surface area contributed by atoms with Crippen molar-refractivity contribution < 1.29 is 4.74 Å². The van der Waals surface area contributed by atoms with Crippen LogP contribution in [0.25, 0.3) is 0 Å². The van der Waals surface area contributed by atoms with E-state index in [9.17, 15) is 4.91 Å². The molecule has 0 saturated carbocycles. The molecule has 4 nitrogen and oxygen atoms in total. The van der Waals surface area contributed by atoms with E-state index in [1.165, 1.54) is 0 Å². The molecule has 1 aromatic carbocycles. The number of ether oxygens (including phenoxy) is 1. The van der Waals surface area contributed by atoms with E-state index >= 15 is 0 Å². The molecular formula is C10H12N2O2. The monoisotopic (exact) mass is 192 g/mol. The standard InChI is InChI=1S/C10H12N2O2/c1-7-6-9(11-12-13)8-4-2-3-5-10(8)14-7/h2-5,7,9H,6H2,1H3,(H,11,13). The Kier molecular flexibility index (Phi) is 2.35. The molecule has 0 aromatic heterocycles. The van der Waals surface area contributed by atoms with E-state index < -0.39 is 0 Å². The van der Waals surface area contributed by atoms with Crippen molar-refractivity contribution in [1.29, 1.82) is 0 Å². The SMILES string of the molecule is CC1CC(NN=O)c2ccccc2O1. The Morgan fingerprint density at radius 1 is 1.50 bits per heavy atom. The van der Waals surface area contributed by atoms with Crippen LogP contribution in [0.3, 0.4) is 0 Å². The van der Waals surface area contributed by atoms with Crippen LogP contribution in [0.15, 0.2) is 29.6 Å². The zero-order valence-corrected chi connectivity index (χ0v) is 7.93. The first kappa shape index (κ1) is 8.99. The maximum Gasteiger partial charge on any atom is 0.125 e. The number of nitrogens with zero attached hydrogens (tertiary/aromatic N) is 1. The first-order valence-corrected chi connectivity index (χ1v) is 4.64. The molecule has 1 heterocycles. The second-order valence-corrected chi connectivity index (χ2v) is 3.47. The van der Waals surface area contributed by atoms with Gasteiger partial charge in [-0.1, -0.05) is 18.2 Å². The fourth-order valence-corrected chi connectivity index (χ4v) is 1.79. The summed E-state index contributed by atoms with van der Waals surface area (Å²) in [7, 11) is 0. The average molecular weight is 192 g/mol. The first-order chi connectivity index (χ1) is 6.81. The van der Waals surface area contributed by atoms with Gasteiger partial charge in [-0.05, 0) is 13.0 Å². The molecule has 4 heteroatoms. The Morgan fingerprint density at radius 2 is 2.29 bits per heavy atom. The van der Waals surface area contributed by atoms with Gasteiger partial charge in [-0.25, -0.2) is 0 Å². The highest BCUT2D eigenvalue weighted by atomic mass is 16.5. The van der Waals surface area contributed by atoms with E-state index in [0.717, 1.165) is 17.7 Å². The second kappa shape index (κ2) is 3.65. The zero-order chi connectivity index (χ0) is 9.97. The van der Waals surface area contributed by atoms with E-state index in [2.05, 4.69) is 10.7 Å². The zero-order valence-electron chi connectivity index (χ0n) is 7.93. The van der Waals surface area contributed by atoms with Crippen LogP contribution in [0.4, 0.5) is 0 Å². The molecule has 74 valence electrons. The summed E-state index contributed by atoms with van der Waals surface area (Å²) >= 11 is 0. The van der Waals surface area contributed by atoms with Crippen LogP contribution in [0.1, 0.15) is 24.9 Å². The molecule has 0 fully saturated rings. The van der Waals surface area contributed by atoms with E-state index in [-0.39, 0.29) is 12.1 Å². The van der Waals surface area contributed by atoms with E-state index in [1.807, 2.05) is 31.2 Å². The molecule has 2 atom stereocenters. The fraction of sp³-hybridized carbons (Fsp3) is 0.400. The molecule has 0 spiro atoms. The Hall–Kier alpha value is -1.58. The van der Waals surface area contributed by atoms with Crippen molar-refractivity contribution >= 4 is 0 Å². The molecule has 0 aliphatic carbocycles. The molecule has 0 amide bonds. The largest absolute Gasteiger partial charge is 0.490 e. The molecule has 1 N–H and O–H groups in total. The van der Waals surface area contributed by atoms with Gasteiger partial charge in [0, 0.05) is 12.0 Å². The highest BCUT2D eigenvalue weighted by Gasteiger charge is 2.25. The van der Waals surface area contributed by atoms with Gasteiger partial charge in [0.15, 0.2) is 0 Å². The summed E-state index contributed by atoms with van der Waals surface area (Å²) in [6.45, 7) is 1.98. The normalized spacial score (nSPS) is 24.6. The highest BCUT2D eigenvalue weighted by Crippen LogP contribution is 2.34. The lowest BCUT2D eigenvalue weighted by molar-refractivity contribution is 0.167. The third kappa shape index (κ3) is 1.55. The van der Waals surface area contributed by atoms with Crippen molar-refractivity contribution in [2.24, 2.45) is 5.29 Å². The van der Waals surface area contributed by atoms with Gasteiger partial charge in [0.1, 0.15) is 5.75 Å². The molecule has 1 aliphatic heterocycles. The topological polar surface area (TPSA) is 50.7 Å². The summed E-state index contributed by atoms with van der Waals surface area (Å²) in [6, 6.07) is 7.68. The quantitative estimate of drug-likeness (QED) is 0.577. The third-order valence-electron chi connectivity index (χ3n) is 2.40. The van der Waals surface area contributed by atoms with Gasteiger partial charge < -0.3 is 4.74 Å². The lowest BCUT2D eigenvalue weighted by Gasteiger charge is -2.29. The second-order valence-electron chi connectivity index (χ2n) is 3.47. The number of fused-ring (bicyclic) bond motifs is 1. The number of benzene rings is 1. The first-order valence-electron chi connectivity index (χ1n) is 4.64. The van der Waals surface area contributed by atoms with E-state index in [4.69, 9.17) is 4.74 Å². The van der Waals surface area contributed by atoms with Crippen LogP contribution in [-0.2, 0) is 0 Å². The summed E-state index contributed by atoms with van der Waals surface area (Å²) in [5.41, 5.74) is 3.57. The maximum atomic E-state index is 10.2. The summed E-state index contributed by atoms with van der Waals surface area (Å²) < 4.78 is 5.62. The lowest BCUT2D eigenvalue weighted by Crippen LogP contribution is -2.28. The minimum Gasteiger partial charge on any atom is -0.490 e. The molecule has 0 saturated heterocycles. The van der Waals surface area contributed by atoms with Crippen molar-refractivity contribution in [2.45, 2.75) is 25.5 Å². The smallest absolute Gasteiger partial charge is 0.125 e.